The van der Waals surface area contributed by atoms with Crippen molar-refractivity contribution < 1.29 is 0 Å². The fraction of sp³-hybridized carbons (Fsp3) is 0.647. The van der Waals surface area contributed by atoms with Crippen molar-refractivity contribution in [2.75, 3.05) is 7.05 Å². The van der Waals surface area contributed by atoms with Crippen molar-refractivity contribution in [3.8, 4) is 0 Å². The fourth-order valence-electron chi connectivity index (χ4n) is 2.45. The molecule has 0 fully saturated rings. The number of hydrogen-bond donors (Lipinski definition) is 1. The summed E-state index contributed by atoms with van der Waals surface area (Å²) in [4.78, 5) is 0. The van der Waals surface area contributed by atoms with Crippen LogP contribution < -0.4 is 5.32 Å². The fourth-order valence-corrected chi connectivity index (χ4v) is 2.45. The molecule has 0 heterocycles. The van der Waals surface area contributed by atoms with Crippen LogP contribution in [0.25, 0.3) is 0 Å². The van der Waals surface area contributed by atoms with Gasteiger partial charge in [-0.25, -0.2) is 0 Å². The van der Waals surface area contributed by atoms with E-state index >= 15 is 0 Å². The van der Waals surface area contributed by atoms with E-state index in [4.69, 9.17) is 0 Å². The van der Waals surface area contributed by atoms with Gasteiger partial charge in [0.1, 0.15) is 0 Å². The van der Waals surface area contributed by atoms with Gasteiger partial charge in [0.2, 0.25) is 0 Å². The topological polar surface area (TPSA) is 12.0 Å². The van der Waals surface area contributed by atoms with Crippen molar-refractivity contribution >= 4 is 0 Å². The predicted octanol–water partition coefficient (Wildman–Crippen LogP) is 4.57. The minimum absolute atomic E-state index is 0.713. The summed E-state index contributed by atoms with van der Waals surface area (Å²) in [5.41, 5.74) is 1.47. The van der Waals surface area contributed by atoms with Crippen LogP contribution in [0.2, 0.25) is 0 Å². The minimum Gasteiger partial charge on any atom is -0.317 e. The van der Waals surface area contributed by atoms with Crippen molar-refractivity contribution in [3.63, 3.8) is 0 Å². The number of aryl methyl sites for hydroxylation is 1. The summed E-state index contributed by atoms with van der Waals surface area (Å²) in [6.45, 7) is 2.27. The summed E-state index contributed by atoms with van der Waals surface area (Å²) in [6.07, 6.45) is 10.6. The molecule has 1 heteroatoms. The standard InChI is InChI=1S/C17H29N/c1-3-4-5-9-14-17(18-2)15-10-13-16-11-7-6-8-12-16/h6-8,11-12,17-18H,3-5,9-10,13-15H2,1-2H3. The minimum atomic E-state index is 0.713. The van der Waals surface area contributed by atoms with Gasteiger partial charge < -0.3 is 5.32 Å². The van der Waals surface area contributed by atoms with Gasteiger partial charge >= 0.3 is 0 Å². The predicted molar refractivity (Wildman–Crippen MR) is 81.0 cm³/mol. The first-order chi connectivity index (χ1) is 8.86. The molecule has 1 aromatic carbocycles. The maximum absolute atomic E-state index is 3.47. The van der Waals surface area contributed by atoms with Gasteiger partial charge in [0.05, 0.1) is 0 Å². The molecule has 1 aromatic rings. The second kappa shape index (κ2) is 10.1. The first-order valence-corrected chi connectivity index (χ1v) is 7.58. The Hall–Kier alpha value is -0.820. The van der Waals surface area contributed by atoms with Crippen molar-refractivity contribution in [1.29, 1.82) is 0 Å². The van der Waals surface area contributed by atoms with E-state index in [2.05, 4.69) is 49.6 Å². The molecule has 0 saturated carbocycles. The Morgan fingerprint density at radius 1 is 0.944 bits per heavy atom. The van der Waals surface area contributed by atoms with Crippen LogP contribution in [0.4, 0.5) is 0 Å². The van der Waals surface area contributed by atoms with Gasteiger partial charge in [-0.2, -0.15) is 0 Å². The Labute approximate surface area is 113 Å². The van der Waals surface area contributed by atoms with E-state index < -0.39 is 0 Å². The van der Waals surface area contributed by atoms with Crippen LogP contribution in [0.3, 0.4) is 0 Å². The monoisotopic (exact) mass is 247 g/mol. The molecule has 18 heavy (non-hydrogen) atoms. The summed E-state index contributed by atoms with van der Waals surface area (Å²) in [6, 6.07) is 11.5. The summed E-state index contributed by atoms with van der Waals surface area (Å²) >= 11 is 0. The Morgan fingerprint density at radius 2 is 1.67 bits per heavy atom. The van der Waals surface area contributed by atoms with E-state index in [1.165, 1.54) is 56.9 Å². The van der Waals surface area contributed by atoms with Crippen molar-refractivity contribution in [2.24, 2.45) is 0 Å². The summed E-state index contributed by atoms with van der Waals surface area (Å²) < 4.78 is 0. The highest BCUT2D eigenvalue weighted by atomic mass is 14.9. The zero-order chi connectivity index (χ0) is 13.1. The average molecular weight is 247 g/mol. The highest BCUT2D eigenvalue weighted by Gasteiger charge is 2.05. The van der Waals surface area contributed by atoms with Gasteiger partial charge in [0.25, 0.3) is 0 Å². The largest absolute Gasteiger partial charge is 0.317 e. The molecule has 1 N–H and O–H groups in total. The lowest BCUT2D eigenvalue weighted by Gasteiger charge is -2.15. The Morgan fingerprint density at radius 3 is 2.33 bits per heavy atom. The molecule has 0 radical (unpaired) electrons. The quantitative estimate of drug-likeness (QED) is 0.597. The van der Waals surface area contributed by atoms with E-state index in [1.807, 2.05) is 0 Å². The van der Waals surface area contributed by atoms with Gasteiger partial charge in [0, 0.05) is 6.04 Å². The Balaban J connectivity index is 2.11. The zero-order valence-electron chi connectivity index (χ0n) is 12.1. The van der Waals surface area contributed by atoms with Gasteiger partial charge in [-0.3, -0.25) is 0 Å². The second-order valence-electron chi connectivity index (χ2n) is 5.21. The van der Waals surface area contributed by atoms with Crippen LogP contribution in [0.1, 0.15) is 57.4 Å². The maximum Gasteiger partial charge on any atom is 0.00641 e. The Kier molecular flexibility index (Phi) is 8.58. The third-order valence-corrected chi connectivity index (χ3v) is 3.68. The molecule has 0 aliphatic carbocycles. The molecule has 1 nitrogen and oxygen atoms in total. The smallest absolute Gasteiger partial charge is 0.00641 e. The van der Waals surface area contributed by atoms with E-state index in [9.17, 15) is 0 Å². The number of benzene rings is 1. The lowest BCUT2D eigenvalue weighted by atomic mass is 10.0. The van der Waals surface area contributed by atoms with E-state index in [-0.39, 0.29) is 0 Å². The molecule has 0 amide bonds. The molecule has 0 aliphatic heterocycles. The SMILES string of the molecule is CCCCCCC(CCCc1ccccc1)NC. The molecule has 0 spiro atoms. The summed E-state index contributed by atoms with van der Waals surface area (Å²) in [5.74, 6) is 0. The van der Waals surface area contributed by atoms with Crippen LogP contribution >= 0.6 is 0 Å². The highest BCUT2D eigenvalue weighted by Crippen LogP contribution is 2.12. The summed E-state index contributed by atoms with van der Waals surface area (Å²) in [5, 5.41) is 3.47. The molecule has 1 unspecified atom stereocenters. The lowest BCUT2D eigenvalue weighted by Crippen LogP contribution is -2.25. The van der Waals surface area contributed by atoms with Crippen molar-refractivity contribution in [2.45, 2.75) is 64.3 Å². The van der Waals surface area contributed by atoms with Crippen LogP contribution in [-0.2, 0) is 6.42 Å². The van der Waals surface area contributed by atoms with Crippen LogP contribution in [-0.4, -0.2) is 13.1 Å². The number of unbranched alkanes of at least 4 members (excludes halogenated alkanes) is 3. The number of hydrogen-bond acceptors (Lipinski definition) is 1. The molecule has 1 atom stereocenters. The number of rotatable bonds is 10. The molecule has 0 aliphatic rings. The first kappa shape index (κ1) is 15.2. The third-order valence-electron chi connectivity index (χ3n) is 3.68. The van der Waals surface area contributed by atoms with Crippen LogP contribution in [0.15, 0.2) is 30.3 Å². The molecule has 102 valence electrons. The first-order valence-electron chi connectivity index (χ1n) is 7.58. The third kappa shape index (κ3) is 6.80. The van der Waals surface area contributed by atoms with E-state index in [0.29, 0.717) is 6.04 Å². The van der Waals surface area contributed by atoms with Gasteiger partial charge in [-0.1, -0.05) is 62.9 Å². The molecular formula is C17H29N. The number of nitrogens with one attached hydrogen (secondary N) is 1. The molecule has 0 aromatic heterocycles. The van der Waals surface area contributed by atoms with Crippen molar-refractivity contribution in [1.82, 2.24) is 5.32 Å². The average Bonchev–Trinajstić information content (AvgIpc) is 2.42. The maximum atomic E-state index is 3.47. The molecule has 0 saturated heterocycles. The molecule has 1 rings (SSSR count). The van der Waals surface area contributed by atoms with Gasteiger partial charge in [0.15, 0.2) is 0 Å². The van der Waals surface area contributed by atoms with Crippen molar-refractivity contribution in [3.05, 3.63) is 35.9 Å². The normalized spacial score (nSPS) is 12.6. The van der Waals surface area contributed by atoms with Gasteiger partial charge in [-0.15, -0.1) is 0 Å². The van der Waals surface area contributed by atoms with Crippen LogP contribution in [0, 0.1) is 0 Å². The Bertz CT molecular complexity index is 281. The highest BCUT2D eigenvalue weighted by molar-refractivity contribution is 5.14. The lowest BCUT2D eigenvalue weighted by molar-refractivity contribution is 0.450. The van der Waals surface area contributed by atoms with E-state index in [1.54, 1.807) is 0 Å². The molecule has 0 bridgehead atoms. The second-order valence-corrected chi connectivity index (χ2v) is 5.21. The molecular weight excluding hydrogens is 218 g/mol. The van der Waals surface area contributed by atoms with E-state index in [0.717, 1.165) is 0 Å². The zero-order valence-corrected chi connectivity index (χ0v) is 12.1. The summed E-state index contributed by atoms with van der Waals surface area (Å²) in [7, 11) is 2.10. The van der Waals surface area contributed by atoms with Crippen LogP contribution in [0.5, 0.6) is 0 Å². The van der Waals surface area contributed by atoms with Gasteiger partial charge in [-0.05, 0) is 38.3 Å².